The molecule has 2 aromatic rings. The molecule has 1 N–H and O–H groups in total. The summed E-state index contributed by atoms with van der Waals surface area (Å²) in [6.07, 6.45) is 7.04. The molecule has 0 spiro atoms. The van der Waals surface area contributed by atoms with Gasteiger partial charge in [0.15, 0.2) is 0 Å². The summed E-state index contributed by atoms with van der Waals surface area (Å²) >= 11 is 7.95. The van der Waals surface area contributed by atoms with E-state index in [1.54, 1.807) is 25.1 Å². The molecule has 1 aliphatic carbocycles. The zero-order valence-corrected chi connectivity index (χ0v) is 19.9. The van der Waals surface area contributed by atoms with E-state index in [0.29, 0.717) is 25.6 Å². The van der Waals surface area contributed by atoms with Crippen molar-refractivity contribution in [2.75, 3.05) is 18.5 Å². The van der Waals surface area contributed by atoms with E-state index < -0.39 is 5.97 Å². The van der Waals surface area contributed by atoms with Gasteiger partial charge in [0.2, 0.25) is 5.91 Å². The minimum Gasteiger partial charge on any atom is -0.465 e. The van der Waals surface area contributed by atoms with Crippen LogP contribution < -0.4 is 5.32 Å². The standard InChI is InChI=1S/C22H22N2O5S3/c1-2-28-21(27)18-14-7-3-4-8-15(14)31-19(18)23-17(25)9-10-24-20(26)16(32-22(24)30)12-13-6-5-11-29-13/h5-6,11-12H,2-4,7-10H2,1H3,(H,23,25)/b16-12-. The summed E-state index contributed by atoms with van der Waals surface area (Å²) < 4.78 is 10.9. The summed E-state index contributed by atoms with van der Waals surface area (Å²) in [5.41, 5.74) is 1.47. The van der Waals surface area contributed by atoms with Gasteiger partial charge in [-0.3, -0.25) is 14.5 Å². The molecule has 0 atom stereocenters. The van der Waals surface area contributed by atoms with Crippen LogP contribution in [0.2, 0.25) is 0 Å². The molecule has 2 aromatic heterocycles. The maximum Gasteiger partial charge on any atom is 0.341 e. The van der Waals surface area contributed by atoms with Crippen LogP contribution in [0, 0.1) is 0 Å². The van der Waals surface area contributed by atoms with Gasteiger partial charge in [0, 0.05) is 23.9 Å². The highest BCUT2D eigenvalue weighted by Crippen LogP contribution is 2.39. The van der Waals surface area contributed by atoms with Crippen molar-refractivity contribution in [3.05, 3.63) is 45.1 Å². The van der Waals surface area contributed by atoms with Gasteiger partial charge < -0.3 is 14.5 Å². The van der Waals surface area contributed by atoms with Crippen LogP contribution in [0.25, 0.3) is 6.08 Å². The third-order valence-electron chi connectivity index (χ3n) is 5.16. The van der Waals surface area contributed by atoms with E-state index in [0.717, 1.165) is 36.1 Å². The molecule has 4 rings (SSSR count). The van der Waals surface area contributed by atoms with Crippen LogP contribution >= 0.6 is 35.3 Å². The van der Waals surface area contributed by atoms with Crippen molar-refractivity contribution in [3.8, 4) is 0 Å². The average Bonchev–Trinajstić information content (AvgIpc) is 3.46. The van der Waals surface area contributed by atoms with E-state index in [1.807, 2.05) is 0 Å². The molecule has 7 nitrogen and oxygen atoms in total. The summed E-state index contributed by atoms with van der Waals surface area (Å²) in [6.45, 7) is 2.19. The lowest BCUT2D eigenvalue weighted by Gasteiger charge is -2.14. The average molecular weight is 491 g/mol. The number of amides is 2. The van der Waals surface area contributed by atoms with E-state index in [9.17, 15) is 14.4 Å². The topological polar surface area (TPSA) is 88.9 Å². The van der Waals surface area contributed by atoms with Gasteiger partial charge >= 0.3 is 5.97 Å². The Hall–Kier alpha value is -2.43. The van der Waals surface area contributed by atoms with Crippen LogP contribution in [0.4, 0.5) is 5.00 Å². The van der Waals surface area contributed by atoms with Crippen molar-refractivity contribution >= 4 is 68.5 Å². The van der Waals surface area contributed by atoms with E-state index >= 15 is 0 Å². The van der Waals surface area contributed by atoms with E-state index in [1.165, 1.54) is 34.3 Å². The van der Waals surface area contributed by atoms with Gasteiger partial charge in [-0.15, -0.1) is 11.3 Å². The van der Waals surface area contributed by atoms with Crippen LogP contribution in [0.3, 0.4) is 0 Å². The molecule has 0 bridgehead atoms. The van der Waals surface area contributed by atoms with Gasteiger partial charge in [-0.25, -0.2) is 4.79 Å². The van der Waals surface area contributed by atoms with Gasteiger partial charge in [0.05, 0.1) is 23.3 Å². The summed E-state index contributed by atoms with van der Waals surface area (Å²) in [5, 5.41) is 3.40. The molecule has 2 aliphatic rings. The Labute approximate surface area is 199 Å². The third-order valence-corrected chi connectivity index (χ3v) is 7.74. The number of nitrogens with one attached hydrogen (secondary N) is 1. The molecule has 32 heavy (non-hydrogen) atoms. The molecule has 0 unspecified atom stereocenters. The molecule has 0 aromatic carbocycles. The monoisotopic (exact) mass is 490 g/mol. The van der Waals surface area contributed by atoms with Gasteiger partial charge in [-0.05, 0) is 50.3 Å². The molecule has 3 heterocycles. The van der Waals surface area contributed by atoms with Crippen molar-refractivity contribution in [2.24, 2.45) is 0 Å². The lowest BCUT2D eigenvalue weighted by molar-refractivity contribution is -0.122. The highest BCUT2D eigenvalue weighted by Gasteiger charge is 2.33. The minimum absolute atomic E-state index is 0.0608. The largest absolute Gasteiger partial charge is 0.465 e. The Bertz CT molecular complexity index is 1090. The zero-order valence-electron chi connectivity index (χ0n) is 17.5. The Balaban J connectivity index is 1.42. The Morgan fingerprint density at radius 1 is 1.34 bits per heavy atom. The smallest absolute Gasteiger partial charge is 0.341 e. The fourth-order valence-electron chi connectivity index (χ4n) is 3.67. The number of rotatable bonds is 7. The number of esters is 1. The maximum atomic E-state index is 12.7. The van der Waals surface area contributed by atoms with Crippen molar-refractivity contribution in [2.45, 2.75) is 39.0 Å². The van der Waals surface area contributed by atoms with E-state index in [-0.39, 0.29) is 31.4 Å². The van der Waals surface area contributed by atoms with E-state index in [4.69, 9.17) is 21.4 Å². The van der Waals surface area contributed by atoms with Crippen LogP contribution in [0.15, 0.2) is 27.7 Å². The van der Waals surface area contributed by atoms with Crippen LogP contribution in [-0.2, 0) is 27.2 Å². The second-order valence-electron chi connectivity index (χ2n) is 7.28. The molecule has 2 amide bonds. The van der Waals surface area contributed by atoms with Gasteiger partial charge in [-0.1, -0.05) is 24.0 Å². The summed E-state index contributed by atoms with van der Waals surface area (Å²) in [6, 6.07) is 3.49. The van der Waals surface area contributed by atoms with Crippen molar-refractivity contribution in [3.63, 3.8) is 0 Å². The molecular weight excluding hydrogens is 468 g/mol. The SMILES string of the molecule is CCOC(=O)c1c(NC(=O)CCN2C(=O)/C(=C/c3ccco3)SC2=S)sc2c1CCCC2. The molecule has 0 saturated carbocycles. The zero-order chi connectivity index (χ0) is 22.7. The highest BCUT2D eigenvalue weighted by atomic mass is 32.2. The number of carbonyl (C=O) groups excluding carboxylic acids is 3. The van der Waals surface area contributed by atoms with Crippen LogP contribution in [-0.4, -0.2) is 40.2 Å². The molecule has 0 radical (unpaired) electrons. The fourth-order valence-corrected chi connectivity index (χ4v) is 6.25. The number of anilines is 1. The second kappa shape index (κ2) is 10.0. The number of furan rings is 1. The first-order valence-electron chi connectivity index (χ1n) is 10.4. The summed E-state index contributed by atoms with van der Waals surface area (Å²) in [4.78, 5) is 40.9. The Kier molecular flexibility index (Phi) is 7.12. The van der Waals surface area contributed by atoms with Crippen molar-refractivity contribution in [1.82, 2.24) is 4.90 Å². The molecular formula is C22H22N2O5S3. The fraction of sp³-hybridized carbons (Fsp3) is 0.364. The second-order valence-corrected chi connectivity index (χ2v) is 10.1. The number of aryl methyl sites for hydroxylation is 1. The predicted octanol–water partition coefficient (Wildman–Crippen LogP) is 4.63. The predicted molar refractivity (Wildman–Crippen MR) is 129 cm³/mol. The number of nitrogens with zero attached hydrogens (tertiary/aromatic N) is 1. The molecule has 1 fully saturated rings. The Morgan fingerprint density at radius 2 is 2.16 bits per heavy atom. The summed E-state index contributed by atoms with van der Waals surface area (Å²) in [5.74, 6) is -0.361. The number of thiophene rings is 1. The van der Waals surface area contributed by atoms with Gasteiger partial charge in [-0.2, -0.15) is 0 Å². The maximum absolute atomic E-state index is 12.7. The molecule has 10 heteroatoms. The third kappa shape index (κ3) is 4.82. The normalized spacial score (nSPS) is 17.0. The molecule has 168 valence electrons. The van der Waals surface area contributed by atoms with Crippen LogP contribution in [0.1, 0.15) is 52.7 Å². The van der Waals surface area contributed by atoms with Crippen molar-refractivity contribution in [1.29, 1.82) is 0 Å². The highest BCUT2D eigenvalue weighted by molar-refractivity contribution is 8.26. The van der Waals surface area contributed by atoms with Crippen molar-refractivity contribution < 1.29 is 23.5 Å². The Morgan fingerprint density at radius 3 is 2.91 bits per heavy atom. The quantitative estimate of drug-likeness (QED) is 0.344. The number of thiocarbonyl (C=S) groups is 1. The van der Waals surface area contributed by atoms with Crippen LogP contribution in [0.5, 0.6) is 0 Å². The minimum atomic E-state index is -0.401. The summed E-state index contributed by atoms with van der Waals surface area (Å²) in [7, 11) is 0. The lowest BCUT2D eigenvalue weighted by Crippen LogP contribution is -2.31. The number of hydrogen-bond donors (Lipinski definition) is 1. The number of fused-ring (bicyclic) bond motifs is 1. The molecule has 1 saturated heterocycles. The number of hydrogen-bond acceptors (Lipinski definition) is 8. The van der Waals surface area contributed by atoms with Gasteiger partial charge in [0.1, 0.15) is 15.1 Å². The first kappa shape index (κ1) is 22.8. The number of carbonyl (C=O) groups is 3. The lowest BCUT2D eigenvalue weighted by atomic mass is 9.95. The molecule has 1 aliphatic heterocycles. The van der Waals surface area contributed by atoms with Gasteiger partial charge in [0.25, 0.3) is 5.91 Å². The first-order chi connectivity index (χ1) is 15.5. The number of thioether (sulfide) groups is 1. The number of ether oxygens (including phenoxy) is 1. The van der Waals surface area contributed by atoms with E-state index in [2.05, 4.69) is 5.32 Å². The first-order valence-corrected chi connectivity index (χ1v) is 12.4.